The van der Waals surface area contributed by atoms with Crippen LogP contribution in [0.25, 0.3) is 32.0 Å². The lowest BCUT2D eigenvalue weighted by atomic mass is 10.1. The molecule has 4 aromatic heterocycles. The Kier molecular flexibility index (Phi) is 7.43. The van der Waals surface area contributed by atoms with Gasteiger partial charge in [-0.05, 0) is 29.3 Å². The van der Waals surface area contributed by atoms with Crippen molar-refractivity contribution in [2.24, 2.45) is 7.05 Å². The fourth-order valence-electron chi connectivity index (χ4n) is 4.90. The highest BCUT2D eigenvalue weighted by Gasteiger charge is 2.18. The van der Waals surface area contributed by atoms with E-state index < -0.39 is 8.07 Å². The second kappa shape index (κ2) is 11.0. The highest BCUT2D eigenvalue weighted by atomic mass is 32.2. The van der Waals surface area contributed by atoms with Crippen molar-refractivity contribution in [1.29, 1.82) is 0 Å². The Hall–Kier alpha value is -3.18. The molecule has 40 heavy (non-hydrogen) atoms. The second-order valence-electron chi connectivity index (χ2n) is 11.3. The molecule has 0 unspecified atom stereocenters. The van der Waals surface area contributed by atoms with Crippen LogP contribution < -0.4 is 5.56 Å². The summed E-state index contributed by atoms with van der Waals surface area (Å²) in [5.74, 6) is 0.920. The molecular weight excluding hydrogens is 555 g/mol. The van der Waals surface area contributed by atoms with Crippen molar-refractivity contribution in [3.8, 4) is 0 Å². The lowest BCUT2D eigenvalue weighted by molar-refractivity contribution is 0.0817. The Bertz CT molecular complexity index is 1860. The number of hydrogen-bond donors (Lipinski definition) is 0. The number of benzene rings is 2. The first-order chi connectivity index (χ1) is 19.3. The van der Waals surface area contributed by atoms with Gasteiger partial charge in [0.2, 0.25) is 0 Å². The molecule has 0 atom stereocenters. The maximum Gasteiger partial charge on any atom is 0.291 e. The minimum atomic E-state index is -1.14. The minimum Gasteiger partial charge on any atom is -0.360 e. The van der Waals surface area contributed by atoms with Gasteiger partial charge in [-0.25, -0.2) is 9.36 Å². The zero-order valence-electron chi connectivity index (χ0n) is 23.3. The first kappa shape index (κ1) is 27.0. The third kappa shape index (κ3) is 5.41. The number of thiophene rings is 1. The summed E-state index contributed by atoms with van der Waals surface area (Å²) in [5.41, 5.74) is 4.99. The van der Waals surface area contributed by atoms with E-state index in [0.29, 0.717) is 18.8 Å². The van der Waals surface area contributed by atoms with Crippen LogP contribution in [-0.2, 0) is 30.8 Å². The van der Waals surface area contributed by atoms with Gasteiger partial charge < -0.3 is 9.30 Å². The van der Waals surface area contributed by atoms with Gasteiger partial charge in [0.15, 0.2) is 0 Å². The molecule has 0 saturated carbocycles. The molecule has 2 aromatic carbocycles. The predicted octanol–water partition coefficient (Wildman–Crippen LogP) is 6.95. The molecule has 6 aromatic rings. The molecule has 0 bridgehead atoms. The van der Waals surface area contributed by atoms with Crippen molar-refractivity contribution in [2.75, 3.05) is 6.61 Å². The van der Waals surface area contributed by atoms with Gasteiger partial charge in [-0.2, -0.15) is 10.2 Å². The number of fused-ring (bicyclic) bond motifs is 4. The molecule has 0 aliphatic heterocycles. The Balaban J connectivity index is 1.24. The zero-order valence-corrected chi connectivity index (χ0v) is 25.9. The van der Waals surface area contributed by atoms with Gasteiger partial charge in [0.25, 0.3) is 5.56 Å². The number of rotatable bonds is 10. The van der Waals surface area contributed by atoms with Crippen LogP contribution in [0.4, 0.5) is 0 Å². The molecule has 0 amide bonds. The molecule has 0 aliphatic rings. The van der Waals surface area contributed by atoms with Gasteiger partial charge in [0, 0.05) is 38.3 Å². The molecule has 0 radical (unpaired) electrons. The molecule has 6 rings (SSSR count). The number of aryl methyl sites for hydroxylation is 1. The lowest BCUT2D eigenvalue weighted by Gasteiger charge is -2.15. The van der Waals surface area contributed by atoms with Gasteiger partial charge in [0.05, 0.1) is 38.9 Å². The van der Waals surface area contributed by atoms with Crippen molar-refractivity contribution in [3.05, 3.63) is 88.5 Å². The summed E-state index contributed by atoms with van der Waals surface area (Å²) in [4.78, 5) is 13.7. The Morgan fingerprint density at radius 1 is 0.950 bits per heavy atom. The summed E-state index contributed by atoms with van der Waals surface area (Å²) in [7, 11) is 0.837. The van der Waals surface area contributed by atoms with Gasteiger partial charge in [-0.3, -0.25) is 4.79 Å². The second-order valence-corrected chi connectivity index (χ2v) is 19.3. The Morgan fingerprint density at radius 3 is 2.52 bits per heavy atom. The predicted molar refractivity (Wildman–Crippen MR) is 169 cm³/mol. The minimum absolute atomic E-state index is 0.0824. The smallest absolute Gasteiger partial charge is 0.291 e. The lowest BCUT2D eigenvalue weighted by Crippen LogP contribution is -2.24. The van der Waals surface area contributed by atoms with Gasteiger partial charge >= 0.3 is 0 Å². The molecule has 0 aliphatic carbocycles. The SMILES string of the molecule is Cn1c2cc(SCc3ccccc3)sc2c2cnn(Cc3cccc4c3cnn4COCC[Si](C)(C)C)c(=O)c21. The molecule has 0 fully saturated rings. The highest BCUT2D eigenvalue weighted by Crippen LogP contribution is 2.39. The summed E-state index contributed by atoms with van der Waals surface area (Å²) in [6.45, 7) is 8.60. The van der Waals surface area contributed by atoms with E-state index in [9.17, 15) is 4.79 Å². The zero-order chi connectivity index (χ0) is 27.9. The molecule has 4 heterocycles. The molecular formula is C30H33N5O2S2Si. The standard InChI is InChI=1S/C30H33N5O2S2Si/c1-33-26-15-27(38-19-21-9-6-5-7-10-21)39-29(26)24-17-31-34(30(36)28(24)33)18-22-11-8-12-25-23(22)16-32-35(25)20-37-13-14-40(2,3)4/h5-12,15-17H,13-14,18-20H2,1-4H3. The van der Waals surface area contributed by atoms with Gasteiger partial charge in [-0.15, -0.1) is 23.1 Å². The van der Waals surface area contributed by atoms with E-state index in [1.807, 2.05) is 64.7 Å². The normalized spacial score (nSPS) is 12.3. The fourth-order valence-corrected chi connectivity index (χ4v) is 7.95. The van der Waals surface area contributed by atoms with Crippen molar-refractivity contribution in [2.45, 2.75) is 48.9 Å². The van der Waals surface area contributed by atoms with Crippen LogP contribution >= 0.6 is 23.1 Å². The number of ether oxygens (including phenoxy) is 1. The van der Waals surface area contributed by atoms with E-state index in [2.05, 4.69) is 60.2 Å². The highest BCUT2D eigenvalue weighted by molar-refractivity contribution is 8.00. The van der Waals surface area contributed by atoms with Crippen LogP contribution in [0.2, 0.25) is 25.7 Å². The van der Waals surface area contributed by atoms with Crippen LogP contribution in [0.1, 0.15) is 11.1 Å². The quantitative estimate of drug-likeness (QED) is 0.0986. The fraction of sp³-hybridized carbons (Fsp3) is 0.300. The first-order valence-corrected chi connectivity index (χ1v) is 19.0. The Morgan fingerprint density at radius 2 is 1.73 bits per heavy atom. The van der Waals surface area contributed by atoms with Gasteiger partial charge in [-0.1, -0.05) is 62.1 Å². The number of thioether (sulfide) groups is 1. The van der Waals surface area contributed by atoms with E-state index in [-0.39, 0.29) is 5.56 Å². The van der Waals surface area contributed by atoms with E-state index in [1.165, 1.54) is 9.77 Å². The molecule has 0 spiro atoms. The average Bonchev–Trinajstić information content (AvgIpc) is 3.62. The first-order valence-electron chi connectivity index (χ1n) is 13.4. The molecule has 0 saturated heterocycles. The Labute approximate surface area is 242 Å². The van der Waals surface area contributed by atoms with Crippen molar-refractivity contribution in [3.63, 3.8) is 0 Å². The van der Waals surface area contributed by atoms with Crippen molar-refractivity contribution >= 4 is 63.2 Å². The topological polar surface area (TPSA) is 66.9 Å². The van der Waals surface area contributed by atoms with E-state index in [1.54, 1.807) is 16.0 Å². The number of aromatic nitrogens is 5. The van der Waals surface area contributed by atoms with E-state index in [0.717, 1.165) is 50.5 Å². The number of nitrogens with zero attached hydrogens (tertiary/aromatic N) is 5. The van der Waals surface area contributed by atoms with Crippen LogP contribution in [0.5, 0.6) is 0 Å². The number of hydrogen-bond acceptors (Lipinski definition) is 6. The molecule has 10 heteroatoms. The summed E-state index contributed by atoms with van der Waals surface area (Å²) >= 11 is 3.56. The maximum absolute atomic E-state index is 13.7. The summed E-state index contributed by atoms with van der Waals surface area (Å²) in [6, 6.07) is 19.9. The average molecular weight is 588 g/mol. The summed E-state index contributed by atoms with van der Waals surface area (Å²) in [5, 5.41) is 11.1. The van der Waals surface area contributed by atoms with E-state index in [4.69, 9.17) is 4.74 Å². The third-order valence-corrected chi connectivity index (χ3v) is 11.3. The third-order valence-electron chi connectivity index (χ3n) is 7.18. The summed E-state index contributed by atoms with van der Waals surface area (Å²) < 4.78 is 13.8. The van der Waals surface area contributed by atoms with Crippen molar-refractivity contribution in [1.82, 2.24) is 24.1 Å². The molecule has 0 N–H and O–H groups in total. The maximum atomic E-state index is 13.7. The van der Waals surface area contributed by atoms with Crippen LogP contribution in [0, 0.1) is 0 Å². The van der Waals surface area contributed by atoms with Crippen LogP contribution in [-0.4, -0.2) is 38.8 Å². The monoisotopic (exact) mass is 587 g/mol. The van der Waals surface area contributed by atoms with Crippen molar-refractivity contribution < 1.29 is 4.74 Å². The van der Waals surface area contributed by atoms with E-state index >= 15 is 0 Å². The van der Waals surface area contributed by atoms with Crippen LogP contribution in [0.15, 0.2) is 76.0 Å². The van der Waals surface area contributed by atoms with Gasteiger partial charge in [0.1, 0.15) is 12.2 Å². The molecule has 7 nitrogen and oxygen atoms in total. The summed E-state index contributed by atoms with van der Waals surface area (Å²) in [6.07, 6.45) is 3.71. The van der Waals surface area contributed by atoms with Crippen LogP contribution in [0.3, 0.4) is 0 Å². The molecule has 206 valence electrons. The largest absolute Gasteiger partial charge is 0.360 e.